The normalized spacial score (nSPS) is 12.5. The highest BCUT2D eigenvalue weighted by Gasteiger charge is 2.13. The fourth-order valence-electron chi connectivity index (χ4n) is 1.79. The average Bonchev–Trinajstić information content (AvgIpc) is 2.32. The Morgan fingerprint density at radius 3 is 2.59 bits per heavy atom. The zero-order valence-electron chi connectivity index (χ0n) is 9.45. The molecule has 3 heteroatoms. The van der Waals surface area contributed by atoms with Crippen molar-refractivity contribution in [3.8, 4) is 0 Å². The van der Waals surface area contributed by atoms with Gasteiger partial charge >= 0.3 is 0 Å². The van der Waals surface area contributed by atoms with E-state index in [1.807, 2.05) is 31.2 Å². The lowest BCUT2D eigenvalue weighted by Gasteiger charge is -2.15. The Bertz CT molecular complexity index is 539. The van der Waals surface area contributed by atoms with E-state index in [0.29, 0.717) is 0 Å². The molecule has 0 fully saturated rings. The lowest BCUT2D eigenvalue weighted by atomic mass is 9.98. The topological polar surface area (TPSA) is 26.0 Å². The first kappa shape index (κ1) is 12.5. The summed E-state index contributed by atoms with van der Waals surface area (Å²) in [5, 5.41) is 0. The molecule has 0 aromatic heterocycles. The van der Waals surface area contributed by atoms with Crippen LogP contribution in [0.3, 0.4) is 0 Å². The molecule has 0 aliphatic heterocycles. The number of aryl methyl sites for hydroxylation is 1. The number of benzene rings is 2. The lowest BCUT2D eigenvalue weighted by molar-refractivity contribution is 0.623. The van der Waals surface area contributed by atoms with Crippen LogP contribution in [-0.2, 0) is 0 Å². The first-order valence-corrected chi connectivity index (χ1v) is 6.43. The number of hydrogen-bond acceptors (Lipinski definition) is 1. The number of rotatable bonds is 2. The maximum absolute atomic E-state index is 13.2. The molecule has 0 saturated heterocycles. The number of nitrogens with two attached hydrogens (primary N) is 1. The van der Waals surface area contributed by atoms with E-state index in [0.717, 1.165) is 14.7 Å². The van der Waals surface area contributed by atoms with Gasteiger partial charge in [0.25, 0.3) is 0 Å². The van der Waals surface area contributed by atoms with Gasteiger partial charge < -0.3 is 5.73 Å². The summed E-state index contributed by atoms with van der Waals surface area (Å²) in [6, 6.07) is 12.2. The molecule has 1 nitrogen and oxygen atoms in total. The Balaban J connectivity index is 2.44. The summed E-state index contributed by atoms with van der Waals surface area (Å²) < 4.78 is 14.3. The van der Waals surface area contributed by atoms with Crippen molar-refractivity contribution in [1.29, 1.82) is 0 Å². The molecule has 2 rings (SSSR count). The monoisotopic (exact) mass is 341 g/mol. The van der Waals surface area contributed by atoms with Crippen LogP contribution in [0, 0.1) is 16.3 Å². The zero-order chi connectivity index (χ0) is 12.4. The summed E-state index contributed by atoms with van der Waals surface area (Å²) in [6.45, 7) is 2.05. The van der Waals surface area contributed by atoms with Crippen molar-refractivity contribution >= 4 is 22.6 Å². The van der Waals surface area contributed by atoms with Gasteiger partial charge in [0.05, 0.1) is 6.04 Å². The molecule has 0 saturated carbocycles. The van der Waals surface area contributed by atoms with E-state index in [2.05, 4.69) is 22.6 Å². The maximum atomic E-state index is 13.2. The molecule has 1 unspecified atom stereocenters. The van der Waals surface area contributed by atoms with Crippen LogP contribution in [0.4, 0.5) is 4.39 Å². The summed E-state index contributed by atoms with van der Waals surface area (Å²) in [7, 11) is 0. The van der Waals surface area contributed by atoms with Crippen molar-refractivity contribution in [2.75, 3.05) is 0 Å². The zero-order valence-corrected chi connectivity index (χ0v) is 11.6. The molecule has 0 heterocycles. The quantitative estimate of drug-likeness (QED) is 0.827. The van der Waals surface area contributed by atoms with Crippen LogP contribution in [0.15, 0.2) is 42.5 Å². The van der Waals surface area contributed by atoms with Gasteiger partial charge in [-0.25, -0.2) is 4.39 Å². The molecule has 0 radical (unpaired) electrons. The van der Waals surface area contributed by atoms with Crippen LogP contribution >= 0.6 is 22.6 Å². The SMILES string of the molecule is Cc1cccc(C(N)c2cccc(F)c2)c1I. The van der Waals surface area contributed by atoms with Crippen molar-refractivity contribution in [2.24, 2.45) is 5.73 Å². The minimum Gasteiger partial charge on any atom is -0.320 e. The van der Waals surface area contributed by atoms with Gasteiger partial charge in [0.2, 0.25) is 0 Å². The van der Waals surface area contributed by atoms with Gasteiger partial charge in [-0.15, -0.1) is 0 Å². The summed E-state index contributed by atoms with van der Waals surface area (Å²) >= 11 is 2.28. The summed E-state index contributed by atoms with van der Waals surface area (Å²) in [5.41, 5.74) is 9.21. The highest BCUT2D eigenvalue weighted by molar-refractivity contribution is 14.1. The molecule has 0 spiro atoms. The van der Waals surface area contributed by atoms with Crippen molar-refractivity contribution in [3.05, 3.63) is 68.5 Å². The molecule has 0 aliphatic rings. The Labute approximate surface area is 114 Å². The standard InChI is InChI=1S/C14H13FIN/c1-9-4-2-7-12(13(9)16)14(17)10-5-3-6-11(15)8-10/h2-8,14H,17H2,1H3. The van der Waals surface area contributed by atoms with Crippen LogP contribution in [0.2, 0.25) is 0 Å². The van der Waals surface area contributed by atoms with E-state index in [1.54, 1.807) is 6.07 Å². The maximum Gasteiger partial charge on any atom is 0.123 e. The molecule has 17 heavy (non-hydrogen) atoms. The van der Waals surface area contributed by atoms with Gasteiger partial charge in [0.15, 0.2) is 0 Å². The smallest absolute Gasteiger partial charge is 0.123 e. The molecular weight excluding hydrogens is 328 g/mol. The predicted molar refractivity (Wildman–Crippen MR) is 76.3 cm³/mol. The van der Waals surface area contributed by atoms with Crippen LogP contribution < -0.4 is 5.73 Å². The van der Waals surface area contributed by atoms with E-state index in [4.69, 9.17) is 5.73 Å². The van der Waals surface area contributed by atoms with Crippen LogP contribution in [0.5, 0.6) is 0 Å². The Morgan fingerprint density at radius 2 is 1.88 bits per heavy atom. The van der Waals surface area contributed by atoms with Crippen molar-refractivity contribution in [2.45, 2.75) is 13.0 Å². The minimum atomic E-state index is -0.280. The van der Waals surface area contributed by atoms with Crippen molar-refractivity contribution in [1.82, 2.24) is 0 Å². The third-order valence-corrected chi connectivity index (χ3v) is 4.24. The highest BCUT2D eigenvalue weighted by Crippen LogP contribution is 2.26. The molecule has 2 aromatic carbocycles. The van der Waals surface area contributed by atoms with Crippen molar-refractivity contribution in [3.63, 3.8) is 0 Å². The number of hydrogen-bond donors (Lipinski definition) is 1. The van der Waals surface area contributed by atoms with Gasteiger partial charge in [0, 0.05) is 3.57 Å². The van der Waals surface area contributed by atoms with Crippen LogP contribution in [-0.4, -0.2) is 0 Å². The Morgan fingerprint density at radius 1 is 1.18 bits per heavy atom. The van der Waals surface area contributed by atoms with E-state index in [9.17, 15) is 4.39 Å². The van der Waals surface area contributed by atoms with E-state index in [1.165, 1.54) is 17.7 Å². The third-order valence-electron chi connectivity index (χ3n) is 2.76. The largest absolute Gasteiger partial charge is 0.320 e. The van der Waals surface area contributed by atoms with Crippen LogP contribution in [0.1, 0.15) is 22.7 Å². The molecule has 88 valence electrons. The van der Waals surface area contributed by atoms with Gasteiger partial charge in [0.1, 0.15) is 5.82 Å². The number of halogens is 2. The second-order valence-corrected chi connectivity index (χ2v) is 5.09. The fourth-order valence-corrected chi connectivity index (χ4v) is 2.48. The molecule has 0 bridgehead atoms. The van der Waals surface area contributed by atoms with E-state index >= 15 is 0 Å². The van der Waals surface area contributed by atoms with Gasteiger partial charge in [-0.05, 0) is 58.3 Å². The lowest BCUT2D eigenvalue weighted by Crippen LogP contribution is -2.14. The van der Waals surface area contributed by atoms with Gasteiger partial charge in [-0.2, -0.15) is 0 Å². The second kappa shape index (κ2) is 5.14. The predicted octanol–water partition coefficient (Wildman–Crippen LogP) is 3.79. The summed E-state index contributed by atoms with van der Waals surface area (Å²) in [4.78, 5) is 0. The molecule has 2 N–H and O–H groups in total. The first-order valence-electron chi connectivity index (χ1n) is 5.35. The molecule has 0 amide bonds. The van der Waals surface area contributed by atoms with E-state index in [-0.39, 0.29) is 11.9 Å². The highest BCUT2D eigenvalue weighted by atomic mass is 127. The molecular formula is C14H13FIN. The first-order chi connectivity index (χ1) is 8.09. The molecule has 2 aromatic rings. The molecule has 0 aliphatic carbocycles. The van der Waals surface area contributed by atoms with Crippen molar-refractivity contribution < 1.29 is 4.39 Å². The Hall–Kier alpha value is -0.940. The average molecular weight is 341 g/mol. The van der Waals surface area contributed by atoms with Crippen LogP contribution in [0.25, 0.3) is 0 Å². The second-order valence-electron chi connectivity index (χ2n) is 4.01. The Kier molecular flexibility index (Phi) is 3.79. The molecule has 1 atom stereocenters. The van der Waals surface area contributed by atoms with Gasteiger partial charge in [-0.1, -0.05) is 30.3 Å². The third kappa shape index (κ3) is 2.66. The summed E-state index contributed by atoms with van der Waals surface area (Å²) in [6.07, 6.45) is 0. The summed E-state index contributed by atoms with van der Waals surface area (Å²) in [5.74, 6) is -0.249. The minimum absolute atomic E-state index is 0.249. The fraction of sp³-hybridized carbons (Fsp3) is 0.143. The van der Waals surface area contributed by atoms with E-state index < -0.39 is 0 Å². The van der Waals surface area contributed by atoms with Gasteiger partial charge in [-0.3, -0.25) is 0 Å².